The molecule has 2 radical (unpaired) electrons. The number of ether oxygens (including phenoxy) is 1. The summed E-state index contributed by atoms with van der Waals surface area (Å²) in [5.41, 5.74) is 1.18. The molecular formula is C22H36O. The van der Waals surface area contributed by atoms with Crippen molar-refractivity contribution in [3.8, 4) is 5.75 Å². The zero-order chi connectivity index (χ0) is 16.8. The van der Waals surface area contributed by atoms with E-state index in [1.54, 1.807) is 0 Å². The Kier molecular flexibility index (Phi) is 11.7. The van der Waals surface area contributed by atoms with E-state index in [2.05, 4.69) is 51.5 Å². The lowest BCUT2D eigenvalue weighted by atomic mass is 9.99. The monoisotopic (exact) mass is 316 g/mol. The Balaban J connectivity index is 2.04. The quantitative estimate of drug-likeness (QED) is 0.333. The molecular weight excluding hydrogens is 280 g/mol. The van der Waals surface area contributed by atoms with Crippen molar-refractivity contribution >= 4 is 0 Å². The van der Waals surface area contributed by atoms with Gasteiger partial charge >= 0.3 is 0 Å². The largest absolute Gasteiger partial charge is 0.494 e. The van der Waals surface area contributed by atoms with Crippen molar-refractivity contribution in [2.75, 3.05) is 6.61 Å². The first kappa shape index (κ1) is 20.1. The van der Waals surface area contributed by atoms with Crippen molar-refractivity contribution in [1.82, 2.24) is 0 Å². The Bertz CT molecular complexity index is 368. The second-order valence-electron chi connectivity index (χ2n) is 6.74. The molecule has 0 aliphatic heterocycles. The van der Waals surface area contributed by atoms with Crippen molar-refractivity contribution in [2.45, 2.75) is 85.0 Å². The Morgan fingerprint density at radius 2 is 1.48 bits per heavy atom. The molecule has 130 valence electrons. The van der Waals surface area contributed by atoms with E-state index in [1.807, 2.05) is 0 Å². The number of rotatable bonds is 14. The van der Waals surface area contributed by atoms with Gasteiger partial charge in [-0.3, -0.25) is 0 Å². The molecule has 0 heterocycles. The van der Waals surface area contributed by atoms with Crippen LogP contribution < -0.4 is 4.74 Å². The molecule has 1 nitrogen and oxygen atoms in total. The van der Waals surface area contributed by atoms with E-state index >= 15 is 0 Å². The lowest BCUT2D eigenvalue weighted by molar-refractivity contribution is 0.304. The molecule has 23 heavy (non-hydrogen) atoms. The Labute approximate surface area is 144 Å². The molecule has 0 aromatic heterocycles. The van der Waals surface area contributed by atoms with Gasteiger partial charge < -0.3 is 4.74 Å². The summed E-state index contributed by atoms with van der Waals surface area (Å²) in [4.78, 5) is 0. The molecule has 0 amide bonds. The Hall–Kier alpha value is -0.980. The van der Waals surface area contributed by atoms with Gasteiger partial charge in [-0.2, -0.15) is 0 Å². The number of benzene rings is 1. The van der Waals surface area contributed by atoms with Gasteiger partial charge in [-0.15, -0.1) is 0 Å². The van der Waals surface area contributed by atoms with Crippen molar-refractivity contribution < 1.29 is 4.74 Å². The van der Waals surface area contributed by atoms with Crippen LogP contribution in [0, 0.1) is 12.3 Å². The SMILES string of the molecule is CCCCCCCCCCOc1ccc([C]C[C@@H](C)CC)cc1. The summed E-state index contributed by atoms with van der Waals surface area (Å²) in [6.45, 7) is 7.61. The predicted octanol–water partition coefficient (Wildman–Crippen LogP) is 7.07. The first-order valence-corrected chi connectivity index (χ1v) is 9.73. The fourth-order valence-corrected chi connectivity index (χ4v) is 2.53. The van der Waals surface area contributed by atoms with Gasteiger partial charge in [0.15, 0.2) is 0 Å². The molecule has 0 spiro atoms. The highest BCUT2D eigenvalue weighted by molar-refractivity contribution is 5.31. The van der Waals surface area contributed by atoms with Crippen molar-refractivity contribution in [3.05, 3.63) is 36.2 Å². The zero-order valence-electron chi connectivity index (χ0n) is 15.6. The highest BCUT2D eigenvalue weighted by atomic mass is 16.5. The van der Waals surface area contributed by atoms with Gasteiger partial charge in [0.1, 0.15) is 5.75 Å². The molecule has 1 atom stereocenters. The number of hydrogen-bond donors (Lipinski definition) is 0. The smallest absolute Gasteiger partial charge is 0.119 e. The van der Waals surface area contributed by atoms with Crippen LogP contribution in [0.1, 0.15) is 90.5 Å². The van der Waals surface area contributed by atoms with Crippen LogP contribution in [-0.4, -0.2) is 6.61 Å². The number of unbranched alkanes of at least 4 members (excludes halogenated alkanes) is 7. The topological polar surface area (TPSA) is 9.23 Å². The molecule has 0 N–H and O–H groups in total. The van der Waals surface area contributed by atoms with Crippen LogP contribution >= 0.6 is 0 Å². The third kappa shape index (κ3) is 10.4. The molecule has 1 rings (SSSR count). The first-order chi connectivity index (χ1) is 11.3. The second kappa shape index (κ2) is 13.5. The van der Waals surface area contributed by atoms with Crippen LogP contribution in [0.3, 0.4) is 0 Å². The average Bonchev–Trinajstić information content (AvgIpc) is 2.59. The summed E-state index contributed by atoms with van der Waals surface area (Å²) in [5.74, 6) is 1.70. The summed E-state index contributed by atoms with van der Waals surface area (Å²) < 4.78 is 5.83. The van der Waals surface area contributed by atoms with E-state index in [-0.39, 0.29) is 0 Å². The van der Waals surface area contributed by atoms with Gasteiger partial charge in [0.2, 0.25) is 0 Å². The van der Waals surface area contributed by atoms with E-state index in [1.165, 1.54) is 63.4 Å². The Morgan fingerprint density at radius 1 is 0.870 bits per heavy atom. The maximum Gasteiger partial charge on any atom is 0.119 e. The van der Waals surface area contributed by atoms with Crippen LogP contribution in [0.15, 0.2) is 24.3 Å². The molecule has 0 bridgehead atoms. The molecule has 0 aliphatic rings. The van der Waals surface area contributed by atoms with Gasteiger partial charge in [0.25, 0.3) is 0 Å². The van der Waals surface area contributed by atoms with Crippen LogP contribution in [0.4, 0.5) is 0 Å². The summed E-state index contributed by atoms with van der Waals surface area (Å²) in [6, 6.07) is 8.38. The minimum atomic E-state index is 0.716. The highest BCUT2D eigenvalue weighted by Crippen LogP contribution is 2.18. The van der Waals surface area contributed by atoms with E-state index < -0.39 is 0 Å². The van der Waals surface area contributed by atoms with Gasteiger partial charge in [-0.05, 0) is 36.5 Å². The molecule has 1 aromatic rings. The molecule has 0 saturated carbocycles. The highest BCUT2D eigenvalue weighted by Gasteiger charge is 2.01. The van der Waals surface area contributed by atoms with Gasteiger partial charge in [-0.25, -0.2) is 0 Å². The molecule has 1 heteroatoms. The normalized spacial score (nSPS) is 12.3. The molecule has 0 fully saturated rings. The minimum Gasteiger partial charge on any atom is -0.494 e. The van der Waals surface area contributed by atoms with Crippen molar-refractivity contribution in [3.63, 3.8) is 0 Å². The molecule has 0 aliphatic carbocycles. The fraction of sp³-hybridized carbons (Fsp3) is 0.682. The van der Waals surface area contributed by atoms with Crippen molar-refractivity contribution in [2.24, 2.45) is 5.92 Å². The summed E-state index contributed by atoms with van der Waals surface area (Å²) in [6.07, 6.45) is 16.5. The van der Waals surface area contributed by atoms with Crippen LogP contribution in [0.25, 0.3) is 0 Å². The van der Waals surface area contributed by atoms with E-state index in [0.717, 1.165) is 18.8 Å². The lowest BCUT2D eigenvalue weighted by Gasteiger charge is -2.09. The van der Waals surface area contributed by atoms with E-state index in [4.69, 9.17) is 4.74 Å². The summed E-state index contributed by atoms with van der Waals surface area (Å²) in [7, 11) is 0. The fourth-order valence-electron chi connectivity index (χ4n) is 2.53. The molecule has 1 aromatic carbocycles. The standard InChI is InChI=1S/C22H36O/c1-4-6-7-8-9-10-11-12-19-23-22-17-15-21(16-18-22)14-13-20(3)5-2/h15-18,20H,4-13,19H2,1-3H3/t20-/m0/s1. The maximum absolute atomic E-state index is 5.83. The van der Waals surface area contributed by atoms with Gasteiger partial charge in [0.05, 0.1) is 6.61 Å². The summed E-state index contributed by atoms with van der Waals surface area (Å²) >= 11 is 0. The maximum atomic E-state index is 5.83. The third-order valence-corrected chi connectivity index (χ3v) is 4.47. The average molecular weight is 317 g/mol. The zero-order valence-corrected chi connectivity index (χ0v) is 15.6. The van der Waals surface area contributed by atoms with Crippen LogP contribution in [0.5, 0.6) is 5.75 Å². The lowest BCUT2D eigenvalue weighted by Crippen LogP contribution is -1.98. The predicted molar refractivity (Wildman–Crippen MR) is 101 cm³/mol. The summed E-state index contributed by atoms with van der Waals surface area (Å²) in [5, 5.41) is 0. The van der Waals surface area contributed by atoms with Crippen LogP contribution in [0.2, 0.25) is 0 Å². The molecule has 0 saturated heterocycles. The van der Waals surface area contributed by atoms with Gasteiger partial charge in [-0.1, -0.05) is 84.3 Å². The van der Waals surface area contributed by atoms with Crippen LogP contribution in [-0.2, 0) is 0 Å². The van der Waals surface area contributed by atoms with E-state index in [0.29, 0.717) is 5.92 Å². The van der Waals surface area contributed by atoms with Crippen molar-refractivity contribution in [1.29, 1.82) is 0 Å². The minimum absolute atomic E-state index is 0.716. The first-order valence-electron chi connectivity index (χ1n) is 9.73. The van der Waals surface area contributed by atoms with Gasteiger partial charge in [0, 0.05) is 6.42 Å². The third-order valence-electron chi connectivity index (χ3n) is 4.47. The second-order valence-corrected chi connectivity index (χ2v) is 6.74. The van der Waals surface area contributed by atoms with E-state index in [9.17, 15) is 0 Å². The molecule has 0 unspecified atom stereocenters. The number of hydrogen-bond acceptors (Lipinski definition) is 1. The Morgan fingerprint density at radius 3 is 2.09 bits per heavy atom.